The molecule has 1 N–H and O–H groups in total. The lowest BCUT2D eigenvalue weighted by atomic mass is 9.97. The van der Waals surface area contributed by atoms with Crippen LogP contribution >= 0.6 is 11.3 Å². The maximum atomic E-state index is 12.5. The van der Waals surface area contributed by atoms with E-state index in [1.807, 2.05) is 6.20 Å². The molecule has 2 aromatic rings. The quantitative estimate of drug-likeness (QED) is 0.927. The minimum Gasteiger partial charge on any atom is -0.381 e. The minimum atomic E-state index is -0.0414. The lowest BCUT2D eigenvalue weighted by Crippen LogP contribution is -2.30. The zero-order valence-corrected chi connectivity index (χ0v) is 13.6. The average molecular weight is 333 g/mol. The first kappa shape index (κ1) is 14.8. The van der Waals surface area contributed by atoms with Gasteiger partial charge in [-0.05, 0) is 19.3 Å². The number of ether oxygens (including phenoxy) is 1. The zero-order valence-electron chi connectivity index (χ0n) is 12.8. The molecule has 4 heterocycles. The van der Waals surface area contributed by atoms with Gasteiger partial charge < -0.3 is 14.6 Å². The van der Waals surface area contributed by atoms with E-state index in [-0.39, 0.29) is 11.8 Å². The van der Waals surface area contributed by atoms with Gasteiger partial charge in [-0.25, -0.2) is 4.98 Å². The van der Waals surface area contributed by atoms with Crippen LogP contribution in [-0.4, -0.2) is 38.9 Å². The van der Waals surface area contributed by atoms with Crippen LogP contribution in [-0.2, 0) is 22.5 Å². The van der Waals surface area contributed by atoms with Gasteiger partial charge in [0.05, 0.1) is 0 Å². The maximum Gasteiger partial charge on any atom is 0.229 e. The number of nitrogens with zero attached hydrogens (tertiary/aromatic N) is 4. The van der Waals surface area contributed by atoms with Gasteiger partial charge >= 0.3 is 0 Å². The van der Waals surface area contributed by atoms with Crippen molar-refractivity contribution < 1.29 is 9.53 Å². The molecule has 7 nitrogen and oxygen atoms in total. The van der Waals surface area contributed by atoms with Crippen LogP contribution in [0.5, 0.6) is 0 Å². The van der Waals surface area contributed by atoms with Crippen molar-refractivity contribution in [2.75, 3.05) is 18.5 Å². The molecule has 4 rings (SSSR count). The molecule has 1 fully saturated rings. The molecule has 2 aliphatic rings. The van der Waals surface area contributed by atoms with E-state index in [0.717, 1.165) is 49.9 Å². The van der Waals surface area contributed by atoms with Gasteiger partial charge in [-0.1, -0.05) is 11.3 Å². The molecule has 0 aliphatic carbocycles. The average Bonchev–Trinajstić information content (AvgIpc) is 3.24. The van der Waals surface area contributed by atoms with E-state index in [0.29, 0.717) is 17.5 Å². The van der Waals surface area contributed by atoms with E-state index in [1.165, 1.54) is 11.3 Å². The number of fused-ring (bicyclic) bond motifs is 1. The van der Waals surface area contributed by atoms with Gasteiger partial charge in [0, 0.05) is 50.4 Å². The highest BCUT2D eigenvalue weighted by Gasteiger charge is 2.27. The second kappa shape index (κ2) is 6.37. The molecule has 0 spiro atoms. The molecule has 0 bridgehead atoms. The highest BCUT2D eigenvalue weighted by molar-refractivity contribution is 7.15. The van der Waals surface area contributed by atoms with Crippen LogP contribution in [0.1, 0.15) is 36.0 Å². The highest BCUT2D eigenvalue weighted by Crippen LogP contribution is 2.31. The number of amides is 1. The predicted molar refractivity (Wildman–Crippen MR) is 85.4 cm³/mol. The number of hydrogen-bond acceptors (Lipinski definition) is 6. The fourth-order valence-electron chi connectivity index (χ4n) is 3.18. The lowest BCUT2D eigenvalue weighted by Gasteiger charge is -2.21. The van der Waals surface area contributed by atoms with Crippen molar-refractivity contribution in [2.24, 2.45) is 5.92 Å². The monoisotopic (exact) mass is 333 g/mol. The fraction of sp³-hybridized carbons (Fsp3) is 0.600. The summed E-state index contributed by atoms with van der Waals surface area (Å²) < 4.78 is 7.48. The molecular formula is C15H19N5O2S. The summed E-state index contributed by atoms with van der Waals surface area (Å²) in [7, 11) is 0. The smallest absolute Gasteiger partial charge is 0.229 e. The first-order valence-corrected chi connectivity index (χ1v) is 8.83. The Hall–Kier alpha value is -1.80. The van der Waals surface area contributed by atoms with E-state index in [2.05, 4.69) is 25.1 Å². The van der Waals surface area contributed by atoms with Crippen LogP contribution in [0.25, 0.3) is 0 Å². The van der Waals surface area contributed by atoms with Crippen molar-refractivity contribution in [2.45, 2.75) is 38.1 Å². The standard InChI is InChI=1S/C15H19N5O2S/c21-13(11-1-5-20-6-4-16-12(20)9-11)17-15-19-18-14(23-15)10-2-7-22-8-3-10/h4,6,10-11H,1-3,5,7-9H2,(H,17,19,21). The molecule has 1 amide bonds. The normalized spacial score (nSPS) is 21.8. The largest absolute Gasteiger partial charge is 0.381 e. The van der Waals surface area contributed by atoms with Crippen molar-refractivity contribution in [1.82, 2.24) is 19.7 Å². The Morgan fingerprint density at radius 1 is 1.30 bits per heavy atom. The molecule has 1 unspecified atom stereocenters. The van der Waals surface area contributed by atoms with E-state index >= 15 is 0 Å². The summed E-state index contributed by atoms with van der Waals surface area (Å²) in [5.41, 5.74) is 0. The van der Waals surface area contributed by atoms with Crippen LogP contribution in [0.15, 0.2) is 12.4 Å². The minimum absolute atomic E-state index is 0.0222. The van der Waals surface area contributed by atoms with Gasteiger partial charge in [-0.2, -0.15) is 0 Å². The lowest BCUT2D eigenvalue weighted by molar-refractivity contribution is -0.120. The molecule has 2 aliphatic heterocycles. The van der Waals surface area contributed by atoms with Crippen LogP contribution < -0.4 is 5.32 Å². The highest BCUT2D eigenvalue weighted by atomic mass is 32.1. The molecule has 0 radical (unpaired) electrons. The molecule has 0 aromatic carbocycles. The maximum absolute atomic E-state index is 12.5. The van der Waals surface area contributed by atoms with Gasteiger partial charge in [0.2, 0.25) is 11.0 Å². The number of carbonyl (C=O) groups excluding carboxylic acids is 1. The Kier molecular flexibility index (Phi) is 4.09. The van der Waals surface area contributed by atoms with E-state index in [4.69, 9.17) is 4.74 Å². The molecule has 23 heavy (non-hydrogen) atoms. The zero-order chi connectivity index (χ0) is 15.6. The summed E-state index contributed by atoms with van der Waals surface area (Å²) in [6.07, 6.45) is 7.24. The summed E-state index contributed by atoms with van der Waals surface area (Å²) in [4.78, 5) is 16.8. The number of imidazole rings is 1. The number of aryl methyl sites for hydroxylation is 1. The van der Waals surface area contributed by atoms with E-state index < -0.39 is 0 Å². The third-order valence-electron chi connectivity index (χ3n) is 4.56. The van der Waals surface area contributed by atoms with Crippen LogP contribution in [0.3, 0.4) is 0 Å². The number of hydrogen-bond donors (Lipinski definition) is 1. The molecule has 1 saturated heterocycles. The molecule has 0 saturated carbocycles. The topological polar surface area (TPSA) is 81.9 Å². The van der Waals surface area contributed by atoms with Crippen LogP contribution in [0.2, 0.25) is 0 Å². The SMILES string of the molecule is O=C(Nc1nnc(C2CCOCC2)s1)C1CCn2ccnc2C1. The van der Waals surface area contributed by atoms with Crippen molar-refractivity contribution >= 4 is 22.4 Å². The summed E-state index contributed by atoms with van der Waals surface area (Å²) in [5, 5.41) is 12.9. The van der Waals surface area contributed by atoms with Crippen molar-refractivity contribution in [3.05, 3.63) is 23.2 Å². The first-order chi connectivity index (χ1) is 11.3. The van der Waals surface area contributed by atoms with Crippen molar-refractivity contribution in [3.8, 4) is 0 Å². The predicted octanol–water partition coefficient (Wildman–Crippen LogP) is 1.83. The van der Waals surface area contributed by atoms with E-state index in [9.17, 15) is 4.79 Å². The third-order valence-corrected chi connectivity index (χ3v) is 5.56. The Bertz CT molecular complexity index is 692. The van der Waals surface area contributed by atoms with Gasteiger partial charge in [-0.15, -0.1) is 10.2 Å². The molecule has 122 valence electrons. The summed E-state index contributed by atoms with van der Waals surface area (Å²) >= 11 is 1.49. The number of aromatic nitrogens is 4. The number of anilines is 1. The molecule has 8 heteroatoms. The van der Waals surface area contributed by atoms with Gasteiger partial charge in [0.1, 0.15) is 10.8 Å². The first-order valence-electron chi connectivity index (χ1n) is 8.01. The van der Waals surface area contributed by atoms with Crippen molar-refractivity contribution in [1.29, 1.82) is 0 Å². The van der Waals surface area contributed by atoms with Crippen LogP contribution in [0, 0.1) is 5.92 Å². The number of nitrogens with one attached hydrogen (secondary N) is 1. The second-order valence-electron chi connectivity index (χ2n) is 6.05. The summed E-state index contributed by atoms with van der Waals surface area (Å²) in [6, 6.07) is 0. The summed E-state index contributed by atoms with van der Waals surface area (Å²) in [6.45, 7) is 2.40. The second-order valence-corrected chi connectivity index (χ2v) is 7.06. The third kappa shape index (κ3) is 3.13. The van der Waals surface area contributed by atoms with E-state index in [1.54, 1.807) is 6.20 Å². The number of carbonyl (C=O) groups is 1. The van der Waals surface area contributed by atoms with Gasteiger partial charge in [0.25, 0.3) is 0 Å². The summed E-state index contributed by atoms with van der Waals surface area (Å²) in [5.74, 6) is 1.37. The molecule has 1 atom stereocenters. The van der Waals surface area contributed by atoms with Crippen molar-refractivity contribution in [3.63, 3.8) is 0 Å². The fourth-order valence-corrected chi connectivity index (χ4v) is 4.09. The molecule has 2 aromatic heterocycles. The Balaban J connectivity index is 1.38. The Morgan fingerprint density at radius 3 is 3.04 bits per heavy atom. The Morgan fingerprint density at radius 2 is 2.17 bits per heavy atom. The van der Waals surface area contributed by atoms with Gasteiger partial charge in [0.15, 0.2) is 0 Å². The van der Waals surface area contributed by atoms with Gasteiger partial charge in [-0.3, -0.25) is 4.79 Å². The molecular weight excluding hydrogens is 314 g/mol. The Labute approximate surface area is 138 Å². The number of rotatable bonds is 3. The van der Waals surface area contributed by atoms with Crippen LogP contribution in [0.4, 0.5) is 5.13 Å².